The Bertz CT molecular complexity index is 591. The summed E-state index contributed by atoms with van der Waals surface area (Å²) in [7, 11) is 1.93. The van der Waals surface area contributed by atoms with E-state index in [4.69, 9.17) is 16.6 Å². The summed E-state index contributed by atoms with van der Waals surface area (Å²) < 4.78 is 0. The van der Waals surface area contributed by atoms with E-state index in [0.717, 1.165) is 35.9 Å². The Morgan fingerprint density at radius 1 is 1.10 bits per heavy atom. The van der Waals surface area contributed by atoms with E-state index in [1.165, 1.54) is 29.7 Å². The summed E-state index contributed by atoms with van der Waals surface area (Å²) in [6, 6.07) is 7.89. The van der Waals surface area contributed by atoms with E-state index in [2.05, 4.69) is 10.3 Å². The smallest absolute Gasteiger partial charge is 0.135 e. The Hall–Kier alpha value is -1.61. The van der Waals surface area contributed by atoms with Crippen LogP contribution in [0.3, 0.4) is 0 Å². The molecule has 0 saturated carbocycles. The molecule has 3 nitrogen and oxygen atoms in total. The lowest BCUT2D eigenvalue weighted by molar-refractivity contribution is 0.657. The zero-order valence-electron chi connectivity index (χ0n) is 11.6. The minimum atomic E-state index is 0.749. The lowest BCUT2D eigenvalue weighted by atomic mass is 9.96. The summed E-state index contributed by atoms with van der Waals surface area (Å²) in [6.07, 6.45) is 5.38. The molecule has 1 aliphatic carbocycles. The first-order valence-electron chi connectivity index (χ1n) is 7.07. The van der Waals surface area contributed by atoms with Crippen LogP contribution in [0.2, 0.25) is 5.02 Å². The minimum absolute atomic E-state index is 0.749. The second-order valence-corrected chi connectivity index (χ2v) is 5.61. The number of aryl methyl sites for hydroxylation is 1. The normalized spacial score (nSPS) is 13.9. The molecule has 3 rings (SSSR count). The first-order chi connectivity index (χ1) is 9.76. The first-order valence-corrected chi connectivity index (χ1v) is 7.45. The van der Waals surface area contributed by atoms with Crippen molar-refractivity contribution in [2.75, 3.05) is 12.4 Å². The zero-order chi connectivity index (χ0) is 13.9. The van der Waals surface area contributed by atoms with Gasteiger partial charge in [-0.15, -0.1) is 0 Å². The highest BCUT2D eigenvalue weighted by Gasteiger charge is 2.17. The molecule has 0 saturated heterocycles. The van der Waals surface area contributed by atoms with Crippen molar-refractivity contribution in [3.05, 3.63) is 51.9 Å². The van der Waals surface area contributed by atoms with Crippen molar-refractivity contribution in [2.45, 2.75) is 32.1 Å². The number of hydrogen-bond acceptors (Lipinski definition) is 3. The van der Waals surface area contributed by atoms with Crippen molar-refractivity contribution < 1.29 is 0 Å². The van der Waals surface area contributed by atoms with E-state index < -0.39 is 0 Å². The number of halogens is 1. The average Bonchev–Trinajstić information content (AvgIpc) is 2.49. The van der Waals surface area contributed by atoms with Crippen LogP contribution in [0.5, 0.6) is 0 Å². The molecular weight excluding hydrogens is 270 g/mol. The number of anilines is 1. The fraction of sp³-hybridized carbons (Fsp3) is 0.375. The maximum absolute atomic E-state index is 5.92. The molecule has 0 unspecified atom stereocenters. The maximum atomic E-state index is 5.92. The maximum Gasteiger partial charge on any atom is 0.135 e. The lowest BCUT2D eigenvalue weighted by Crippen LogP contribution is -2.13. The molecule has 1 N–H and O–H groups in total. The molecule has 0 atom stereocenters. The van der Waals surface area contributed by atoms with Crippen LogP contribution in [0.4, 0.5) is 5.82 Å². The molecule has 20 heavy (non-hydrogen) atoms. The SMILES string of the molecule is CNc1nc(Cc2ccc(Cl)cc2)nc2c1CCCC2. The molecule has 0 spiro atoms. The largest absolute Gasteiger partial charge is 0.373 e. The Kier molecular flexibility index (Phi) is 3.88. The molecule has 0 radical (unpaired) electrons. The van der Waals surface area contributed by atoms with Crippen molar-refractivity contribution >= 4 is 17.4 Å². The number of nitrogens with one attached hydrogen (secondary N) is 1. The van der Waals surface area contributed by atoms with Crippen molar-refractivity contribution in [1.29, 1.82) is 0 Å². The van der Waals surface area contributed by atoms with Crippen LogP contribution in [0.15, 0.2) is 24.3 Å². The molecule has 104 valence electrons. The van der Waals surface area contributed by atoms with Crippen molar-refractivity contribution in [3.8, 4) is 0 Å². The standard InChI is InChI=1S/C16H18ClN3/c1-18-16-13-4-2-3-5-14(13)19-15(20-16)10-11-6-8-12(17)9-7-11/h6-9H,2-5,10H2,1H3,(H,18,19,20). The summed E-state index contributed by atoms with van der Waals surface area (Å²) in [4.78, 5) is 9.42. The quantitative estimate of drug-likeness (QED) is 0.936. The van der Waals surface area contributed by atoms with Gasteiger partial charge in [-0.1, -0.05) is 23.7 Å². The third-order valence-corrected chi connectivity index (χ3v) is 3.99. The fourth-order valence-electron chi connectivity index (χ4n) is 2.72. The molecule has 0 amide bonds. The van der Waals surface area contributed by atoms with Gasteiger partial charge in [0.15, 0.2) is 0 Å². The summed E-state index contributed by atoms with van der Waals surface area (Å²) in [5, 5.41) is 3.98. The average molecular weight is 288 g/mol. The van der Waals surface area contributed by atoms with Crippen LogP contribution in [0.25, 0.3) is 0 Å². The molecule has 1 heterocycles. The molecule has 1 aromatic heterocycles. The van der Waals surface area contributed by atoms with Gasteiger partial charge in [-0.25, -0.2) is 9.97 Å². The van der Waals surface area contributed by atoms with Crippen LogP contribution >= 0.6 is 11.6 Å². The van der Waals surface area contributed by atoms with Gasteiger partial charge in [-0.05, 0) is 43.4 Å². The van der Waals surface area contributed by atoms with Gasteiger partial charge in [0.2, 0.25) is 0 Å². The summed E-state index contributed by atoms with van der Waals surface area (Å²) in [5.41, 5.74) is 3.71. The Labute approximate surface area is 124 Å². The second kappa shape index (κ2) is 5.80. The van der Waals surface area contributed by atoms with Gasteiger partial charge >= 0.3 is 0 Å². The number of aromatic nitrogens is 2. The topological polar surface area (TPSA) is 37.8 Å². The Balaban J connectivity index is 1.91. The third kappa shape index (κ3) is 2.78. The molecule has 4 heteroatoms. The predicted octanol–water partition coefficient (Wildman–Crippen LogP) is 3.64. The van der Waals surface area contributed by atoms with Gasteiger partial charge in [0.05, 0.1) is 0 Å². The highest BCUT2D eigenvalue weighted by molar-refractivity contribution is 6.30. The van der Waals surface area contributed by atoms with E-state index in [1.807, 2.05) is 31.3 Å². The number of hydrogen-bond donors (Lipinski definition) is 1. The predicted molar refractivity (Wildman–Crippen MR) is 82.5 cm³/mol. The molecule has 0 bridgehead atoms. The molecular formula is C16H18ClN3. The summed E-state index contributed by atoms with van der Waals surface area (Å²) in [5.74, 6) is 1.89. The minimum Gasteiger partial charge on any atom is -0.373 e. The van der Waals surface area contributed by atoms with Crippen molar-refractivity contribution in [3.63, 3.8) is 0 Å². The van der Waals surface area contributed by atoms with E-state index in [0.29, 0.717) is 0 Å². The van der Waals surface area contributed by atoms with E-state index in [-0.39, 0.29) is 0 Å². The number of fused-ring (bicyclic) bond motifs is 1. The van der Waals surface area contributed by atoms with Crippen LogP contribution < -0.4 is 5.32 Å². The number of nitrogens with zero attached hydrogens (tertiary/aromatic N) is 2. The highest BCUT2D eigenvalue weighted by atomic mass is 35.5. The van der Waals surface area contributed by atoms with Crippen LogP contribution in [-0.2, 0) is 19.3 Å². The summed E-state index contributed by atoms with van der Waals surface area (Å²) in [6.45, 7) is 0. The molecule has 0 fully saturated rings. The monoisotopic (exact) mass is 287 g/mol. The lowest BCUT2D eigenvalue weighted by Gasteiger charge is -2.18. The van der Waals surface area contributed by atoms with Crippen LogP contribution in [0.1, 0.15) is 35.5 Å². The molecule has 1 aliphatic rings. The highest BCUT2D eigenvalue weighted by Crippen LogP contribution is 2.25. The van der Waals surface area contributed by atoms with Gasteiger partial charge in [-0.3, -0.25) is 0 Å². The molecule has 0 aliphatic heterocycles. The zero-order valence-corrected chi connectivity index (χ0v) is 12.4. The van der Waals surface area contributed by atoms with Gasteiger partial charge in [0.25, 0.3) is 0 Å². The summed E-state index contributed by atoms with van der Waals surface area (Å²) >= 11 is 5.92. The van der Waals surface area contributed by atoms with Gasteiger partial charge < -0.3 is 5.32 Å². The first kappa shape index (κ1) is 13.4. The van der Waals surface area contributed by atoms with E-state index in [1.54, 1.807) is 0 Å². The molecule has 2 aromatic rings. The van der Waals surface area contributed by atoms with Crippen LogP contribution in [0, 0.1) is 0 Å². The second-order valence-electron chi connectivity index (χ2n) is 5.17. The van der Waals surface area contributed by atoms with E-state index >= 15 is 0 Å². The van der Waals surface area contributed by atoms with Crippen molar-refractivity contribution in [2.24, 2.45) is 0 Å². The molecule has 1 aromatic carbocycles. The third-order valence-electron chi connectivity index (χ3n) is 3.74. The number of rotatable bonds is 3. The van der Waals surface area contributed by atoms with Crippen LogP contribution in [-0.4, -0.2) is 17.0 Å². The van der Waals surface area contributed by atoms with Gasteiger partial charge in [-0.2, -0.15) is 0 Å². The fourth-order valence-corrected chi connectivity index (χ4v) is 2.84. The van der Waals surface area contributed by atoms with Crippen molar-refractivity contribution in [1.82, 2.24) is 9.97 Å². The van der Waals surface area contributed by atoms with Gasteiger partial charge in [0, 0.05) is 29.7 Å². The Morgan fingerprint density at radius 3 is 2.60 bits per heavy atom. The van der Waals surface area contributed by atoms with Gasteiger partial charge in [0.1, 0.15) is 11.6 Å². The van der Waals surface area contributed by atoms with E-state index in [9.17, 15) is 0 Å². The number of benzene rings is 1. The Morgan fingerprint density at radius 2 is 1.85 bits per heavy atom.